The maximum atomic E-state index is 12.2. The van der Waals surface area contributed by atoms with Crippen molar-refractivity contribution in [1.29, 1.82) is 0 Å². The third-order valence-electron chi connectivity index (χ3n) is 6.06. The van der Waals surface area contributed by atoms with E-state index in [1.165, 1.54) is 0 Å². The van der Waals surface area contributed by atoms with E-state index in [2.05, 4.69) is 26.2 Å². The first-order valence-electron chi connectivity index (χ1n) is 10.6. The Labute approximate surface area is 198 Å². The van der Waals surface area contributed by atoms with Gasteiger partial charge in [-0.05, 0) is 35.0 Å². The number of fused-ring (bicyclic) bond motifs is 2. The van der Waals surface area contributed by atoms with Gasteiger partial charge in [-0.1, -0.05) is 0 Å². The van der Waals surface area contributed by atoms with Crippen molar-refractivity contribution < 1.29 is 23.7 Å². The van der Waals surface area contributed by atoms with Crippen LogP contribution in [0.5, 0.6) is 11.5 Å². The van der Waals surface area contributed by atoms with Crippen LogP contribution < -0.4 is 14.8 Å². The normalized spacial score (nSPS) is 22.2. The molecule has 33 heavy (non-hydrogen) atoms. The molecule has 4 heterocycles. The molecule has 1 aromatic carbocycles. The number of carbonyl (C=O) groups excluding carboxylic acids is 1. The number of ether oxygens (including phenoxy) is 4. The van der Waals surface area contributed by atoms with Crippen LogP contribution in [0.4, 0.5) is 10.6 Å². The average molecular weight is 518 g/mol. The number of nitrogens with zero attached hydrogens (tertiary/aromatic N) is 4. The Morgan fingerprint density at radius 3 is 2.94 bits per heavy atom. The van der Waals surface area contributed by atoms with Gasteiger partial charge in [0, 0.05) is 30.6 Å². The fraction of sp³-hybridized carbons (Fsp3) is 0.409. The molecule has 1 N–H and O–H groups in total. The molecule has 0 radical (unpaired) electrons. The van der Waals surface area contributed by atoms with Gasteiger partial charge in [0.05, 0.1) is 33.4 Å². The van der Waals surface area contributed by atoms with Crippen molar-refractivity contribution in [3.05, 3.63) is 46.6 Å². The summed E-state index contributed by atoms with van der Waals surface area (Å²) in [5.74, 6) is 2.79. The van der Waals surface area contributed by atoms with Crippen LogP contribution in [0.15, 0.2) is 35.2 Å². The highest BCUT2D eigenvalue weighted by Crippen LogP contribution is 2.34. The molecule has 3 aromatic rings. The molecule has 2 aliphatic rings. The number of imidazole rings is 1. The van der Waals surface area contributed by atoms with Crippen molar-refractivity contribution in [2.24, 2.45) is 0 Å². The Morgan fingerprint density at radius 2 is 2.15 bits per heavy atom. The van der Waals surface area contributed by atoms with Crippen LogP contribution in [0.3, 0.4) is 0 Å². The molecular formula is C22H24BrN5O5. The van der Waals surface area contributed by atoms with Gasteiger partial charge in [0.15, 0.2) is 5.82 Å². The molecule has 0 aliphatic carbocycles. The zero-order chi connectivity index (χ0) is 23.1. The number of cyclic esters (lactones) is 1. The molecule has 5 rings (SSSR count). The number of hydrogen-bond donors (Lipinski definition) is 1. The minimum Gasteiger partial charge on any atom is -0.497 e. The van der Waals surface area contributed by atoms with E-state index < -0.39 is 0 Å². The van der Waals surface area contributed by atoms with Gasteiger partial charge in [-0.15, -0.1) is 0 Å². The number of aromatic nitrogens is 3. The Bertz CT molecular complexity index is 1200. The molecule has 1 amide bonds. The van der Waals surface area contributed by atoms with Crippen molar-refractivity contribution in [1.82, 2.24) is 19.3 Å². The highest BCUT2D eigenvalue weighted by atomic mass is 79.9. The topological polar surface area (TPSA) is 99.5 Å². The summed E-state index contributed by atoms with van der Waals surface area (Å²) < 4.78 is 24.8. The number of anilines is 1. The zero-order valence-corrected chi connectivity index (χ0v) is 20.0. The molecule has 0 saturated carbocycles. The number of halogens is 1. The first-order valence-corrected chi connectivity index (χ1v) is 11.4. The van der Waals surface area contributed by atoms with E-state index in [0.29, 0.717) is 35.9 Å². The third-order valence-corrected chi connectivity index (χ3v) is 6.62. The molecule has 2 aromatic heterocycles. The number of benzene rings is 1. The standard InChI is InChI=1S/C22H24BrN5O5/c1-12-15-11-32-17(10-28(15)22(29)33-12)21-26-19(23)18-20(24-6-7-27(18)21)25-9-13-4-5-14(30-2)8-16(13)31-3/h4-8,12,15,17H,9-11H2,1-3H3,(H,24,25)/t12?,15-,17+/m0/s1. The van der Waals surface area contributed by atoms with Gasteiger partial charge in [0.25, 0.3) is 0 Å². The molecule has 2 saturated heterocycles. The van der Waals surface area contributed by atoms with Gasteiger partial charge >= 0.3 is 6.09 Å². The summed E-state index contributed by atoms with van der Waals surface area (Å²) in [6.07, 6.45) is 2.67. The fourth-order valence-corrected chi connectivity index (χ4v) is 4.85. The number of hydrogen-bond acceptors (Lipinski definition) is 8. The molecule has 2 fully saturated rings. The van der Waals surface area contributed by atoms with Crippen LogP contribution >= 0.6 is 15.9 Å². The molecular weight excluding hydrogens is 494 g/mol. The minimum atomic E-state index is -0.380. The summed E-state index contributed by atoms with van der Waals surface area (Å²) in [6.45, 7) is 3.16. The first-order chi connectivity index (χ1) is 16.0. The van der Waals surface area contributed by atoms with Gasteiger partial charge in [-0.2, -0.15) is 0 Å². The number of nitrogens with one attached hydrogen (secondary N) is 1. The lowest BCUT2D eigenvalue weighted by Gasteiger charge is -2.33. The summed E-state index contributed by atoms with van der Waals surface area (Å²) >= 11 is 3.57. The number of morpholine rings is 1. The van der Waals surface area contributed by atoms with Crippen LogP contribution in [-0.4, -0.2) is 64.9 Å². The quantitative estimate of drug-likeness (QED) is 0.530. The second kappa shape index (κ2) is 8.71. The number of carbonyl (C=O) groups is 1. The van der Waals surface area contributed by atoms with Crippen molar-refractivity contribution in [3.8, 4) is 11.5 Å². The predicted molar refractivity (Wildman–Crippen MR) is 123 cm³/mol. The molecule has 0 spiro atoms. The molecule has 11 heteroatoms. The highest BCUT2D eigenvalue weighted by Gasteiger charge is 2.44. The second-order valence-electron chi connectivity index (χ2n) is 7.92. The number of methoxy groups -OCH3 is 2. The van der Waals surface area contributed by atoms with Gasteiger partial charge in [0.1, 0.15) is 39.7 Å². The Balaban J connectivity index is 1.41. The lowest BCUT2D eigenvalue weighted by molar-refractivity contribution is -0.0471. The van der Waals surface area contributed by atoms with E-state index in [9.17, 15) is 4.79 Å². The summed E-state index contributed by atoms with van der Waals surface area (Å²) in [6, 6.07) is 5.61. The summed E-state index contributed by atoms with van der Waals surface area (Å²) in [4.78, 5) is 23.1. The predicted octanol–water partition coefficient (Wildman–Crippen LogP) is 3.40. The van der Waals surface area contributed by atoms with Crippen molar-refractivity contribution in [3.63, 3.8) is 0 Å². The SMILES string of the molecule is COc1ccc(CNc2nccn3c([C@H]4CN5C(=O)OC(C)[C@@H]5CO4)nc(Br)c23)c(OC)c1. The maximum absolute atomic E-state index is 12.2. The highest BCUT2D eigenvalue weighted by molar-refractivity contribution is 9.10. The van der Waals surface area contributed by atoms with Crippen LogP contribution in [0.2, 0.25) is 0 Å². The summed E-state index contributed by atoms with van der Waals surface area (Å²) in [5.41, 5.74) is 1.74. The molecule has 10 nitrogen and oxygen atoms in total. The summed E-state index contributed by atoms with van der Waals surface area (Å²) in [5, 5.41) is 3.37. The van der Waals surface area contributed by atoms with E-state index >= 15 is 0 Å². The van der Waals surface area contributed by atoms with E-state index in [-0.39, 0.29) is 24.3 Å². The van der Waals surface area contributed by atoms with Gasteiger partial charge in [0.2, 0.25) is 0 Å². The minimum absolute atomic E-state index is 0.0678. The molecule has 1 unspecified atom stereocenters. The fourth-order valence-electron chi connectivity index (χ4n) is 4.28. The van der Waals surface area contributed by atoms with Crippen LogP contribution in [-0.2, 0) is 16.0 Å². The van der Waals surface area contributed by atoms with Crippen molar-refractivity contribution in [2.75, 3.05) is 32.7 Å². The van der Waals surface area contributed by atoms with Gasteiger partial charge < -0.3 is 24.3 Å². The van der Waals surface area contributed by atoms with Crippen molar-refractivity contribution in [2.45, 2.75) is 31.7 Å². The first kappa shape index (κ1) is 21.8. The lowest BCUT2D eigenvalue weighted by atomic mass is 10.1. The molecule has 174 valence electrons. The monoisotopic (exact) mass is 517 g/mol. The summed E-state index contributed by atoms with van der Waals surface area (Å²) in [7, 11) is 3.25. The van der Waals surface area contributed by atoms with E-state index in [4.69, 9.17) is 23.9 Å². The van der Waals surface area contributed by atoms with Crippen LogP contribution in [0.1, 0.15) is 24.4 Å². The van der Waals surface area contributed by atoms with E-state index in [1.807, 2.05) is 35.7 Å². The largest absolute Gasteiger partial charge is 0.497 e. The second-order valence-corrected chi connectivity index (χ2v) is 8.67. The number of amides is 1. The van der Waals surface area contributed by atoms with E-state index in [1.54, 1.807) is 25.3 Å². The van der Waals surface area contributed by atoms with Crippen LogP contribution in [0, 0.1) is 0 Å². The third kappa shape index (κ3) is 3.84. The smallest absolute Gasteiger partial charge is 0.410 e. The molecule has 2 aliphatic heterocycles. The zero-order valence-electron chi connectivity index (χ0n) is 18.4. The van der Waals surface area contributed by atoms with Gasteiger partial charge in [-0.3, -0.25) is 9.30 Å². The average Bonchev–Trinajstić information content (AvgIpc) is 3.33. The van der Waals surface area contributed by atoms with Gasteiger partial charge in [-0.25, -0.2) is 14.8 Å². The Hall–Kier alpha value is -3.05. The van der Waals surface area contributed by atoms with Crippen LogP contribution in [0.25, 0.3) is 5.52 Å². The maximum Gasteiger partial charge on any atom is 0.410 e. The van der Waals surface area contributed by atoms with E-state index in [0.717, 1.165) is 22.6 Å². The molecule has 3 atom stereocenters. The van der Waals surface area contributed by atoms with Crippen molar-refractivity contribution >= 4 is 33.4 Å². The lowest BCUT2D eigenvalue weighted by Crippen LogP contribution is -2.47. The number of rotatable bonds is 6. The Kier molecular flexibility index (Phi) is 5.75. The Morgan fingerprint density at radius 1 is 1.30 bits per heavy atom. The molecule has 0 bridgehead atoms.